The minimum Gasteiger partial charge on any atom is -0.466 e. The van der Waals surface area contributed by atoms with Crippen LogP contribution < -0.4 is 5.32 Å². The van der Waals surface area contributed by atoms with Gasteiger partial charge in [0.2, 0.25) is 0 Å². The molecule has 0 saturated carbocycles. The van der Waals surface area contributed by atoms with Gasteiger partial charge in [-0.05, 0) is 6.92 Å². The highest BCUT2D eigenvalue weighted by Crippen LogP contribution is 2.12. The molecule has 1 rings (SSSR count). The van der Waals surface area contributed by atoms with Crippen LogP contribution >= 0.6 is 12.4 Å². The van der Waals surface area contributed by atoms with E-state index in [0.717, 1.165) is 0 Å². The Balaban J connectivity index is 0.00000196. The Morgan fingerprint density at radius 3 is 2.67 bits per heavy atom. The van der Waals surface area contributed by atoms with Gasteiger partial charge in [0.05, 0.1) is 12.6 Å². The number of hydrogen-bond acceptors (Lipinski definition) is 4. The van der Waals surface area contributed by atoms with Gasteiger partial charge >= 0.3 is 5.97 Å². The molecule has 0 aromatic carbocycles. The Hall–Kier alpha value is -0.680. The summed E-state index contributed by atoms with van der Waals surface area (Å²) >= 11 is 0. The zero-order valence-corrected chi connectivity index (χ0v) is 9.31. The highest BCUT2D eigenvalue weighted by atomic mass is 35.5. The van der Waals surface area contributed by atoms with Gasteiger partial charge in [0.1, 0.15) is 12.6 Å². The monoisotopic (exact) mass is 239 g/mol. The summed E-state index contributed by atoms with van der Waals surface area (Å²) in [4.78, 5) is 22.3. The van der Waals surface area contributed by atoms with E-state index in [1.54, 1.807) is 6.92 Å². The number of nitrogens with one attached hydrogen (secondary N) is 1. The Kier molecular flexibility index (Phi) is 6.43. The van der Waals surface area contributed by atoms with Crippen LogP contribution in [0.15, 0.2) is 0 Å². The third kappa shape index (κ3) is 4.57. The lowest BCUT2D eigenvalue weighted by Gasteiger charge is -2.07. The third-order valence-electron chi connectivity index (χ3n) is 2.09. The van der Waals surface area contributed by atoms with Crippen molar-refractivity contribution in [3.05, 3.63) is 0 Å². The number of carbonyl (C=O) groups excluding carboxylic acids is 2. The molecule has 0 aliphatic carbocycles. The minimum atomic E-state index is -0.980. The minimum absolute atomic E-state index is 0. The van der Waals surface area contributed by atoms with Crippen LogP contribution in [0.3, 0.4) is 0 Å². The number of carbonyl (C=O) groups is 2. The van der Waals surface area contributed by atoms with Crippen molar-refractivity contribution in [2.24, 2.45) is 0 Å². The van der Waals surface area contributed by atoms with Crippen LogP contribution in [0.25, 0.3) is 0 Å². The molecule has 0 amide bonds. The second-order valence-electron chi connectivity index (χ2n) is 3.24. The van der Waals surface area contributed by atoms with Gasteiger partial charge in [-0.2, -0.15) is 0 Å². The van der Waals surface area contributed by atoms with Gasteiger partial charge in [-0.25, -0.2) is 4.39 Å². The molecule has 2 atom stereocenters. The maximum absolute atomic E-state index is 12.7. The predicted octanol–water partition coefficient (Wildman–Crippen LogP) is 0.631. The number of Topliss-reactive ketones (excluding diaryl/α,β-unsaturated/α-hetero) is 1. The summed E-state index contributed by atoms with van der Waals surface area (Å²) in [6.07, 6.45) is -1.08. The standard InChI is InChI=1S/C9H14FNO3.ClH/c1-2-14-9(13)4-8(12)7-3-6(10)5-11-7;/h6-7,11H,2-5H2,1H3;1H. The van der Waals surface area contributed by atoms with Crippen molar-refractivity contribution in [1.82, 2.24) is 5.32 Å². The van der Waals surface area contributed by atoms with Crippen LogP contribution in [0.2, 0.25) is 0 Å². The summed E-state index contributed by atoms with van der Waals surface area (Å²) in [5, 5.41) is 2.72. The van der Waals surface area contributed by atoms with Crippen molar-refractivity contribution in [3.63, 3.8) is 0 Å². The molecule has 88 valence electrons. The second-order valence-corrected chi connectivity index (χ2v) is 3.24. The van der Waals surface area contributed by atoms with Gasteiger partial charge in [-0.1, -0.05) is 0 Å². The lowest BCUT2D eigenvalue weighted by Crippen LogP contribution is -2.32. The average Bonchev–Trinajstić information content (AvgIpc) is 2.52. The van der Waals surface area contributed by atoms with Gasteiger partial charge in [-0.15, -0.1) is 12.4 Å². The van der Waals surface area contributed by atoms with Crippen LogP contribution in [0.1, 0.15) is 19.8 Å². The van der Waals surface area contributed by atoms with Crippen molar-refractivity contribution in [3.8, 4) is 0 Å². The Bertz CT molecular complexity index is 237. The molecule has 1 heterocycles. The van der Waals surface area contributed by atoms with E-state index in [1.807, 2.05) is 0 Å². The largest absolute Gasteiger partial charge is 0.466 e. The number of esters is 1. The Morgan fingerprint density at radius 1 is 1.53 bits per heavy atom. The maximum Gasteiger partial charge on any atom is 0.313 e. The molecule has 0 aromatic rings. The van der Waals surface area contributed by atoms with Crippen LogP contribution in [-0.2, 0) is 14.3 Å². The van der Waals surface area contributed by atoms with Gasteiger partial charge < -0.3 is 10.1 Å². The summed E-state index contributed by atoms with van der Waals surface area (Å²) < 4.78 is 17.3. The number of halogens is 2. The van der Waals surface area contributed by atoms with E-state index in [4.69, 9.17) is 0 Å². The van der Waals surface area contributed by atoms with E-state index in [-0.39, 0.29) is 44.2 Å². The highest BCUT2D eigenvalue weighted by molar-refractivity contribution is 5.98. The zero-order valence-electron chi connectivity index (χ0n) is 8.49. The van der Waals surface area contributed by atoms with E-state index < -0.39 is 18.2 Å². The molecule has 1 saturated heterocycles. The Morgan fingerprint density at radius 2 is 2.20 bits per heavy atom. The molecule has 0 spiro atoms. The smallest absolute Gasteiger partial charge is 0.313 e. The summed E-state index contributed by atoms with van der Waals surface area (Å²) in [5.41, 5.74) is 0. The summed E-state index contributed by atoms with van der Waals surface area (Å²) in [6, 6.07) is -0.519. The first-order valence-electron chi connectivity index (χ1n) is 4.69. The van der Waals surface area contributed by atoms with E-state index >= 15 is 0 Å². The number of rotatable bonds is 4. The predicted molar refractivity (Wildman–Crippen MR) is 54.8 cm³/mol. The third-order valence-corrected chi connectivity index (χ3v) is 2.09. The van der Waals surface area contributed by atoms with Crippen molar-refractivity contribution in [2.75, 3.05) is 13.2 Å². The number of alkyl halides is 1. The maximum atomic E-state index is 12.7. The van der Waals surface area contributed by atoms with Crippen molar-refractivity contribution < 1.29 is 18.7 Å². The molecule has 1 aliphatic rings. The first kappa shape index (κ1) is 14.3. The molecule has 15 heavy (non-hydrogen) atoms. The molecule has 0 radical (unpaired) electrons. The first-order chi connectivity index (χ1) is 6.63. The molecule has 2 unspecified atom stereocenters. The Labute approximate surface area is 94.0 Å². The van der Waals surface area contributed by atoms with Crippen LogP contribution in [0, 0.1) is 0 Å². The van der Waals surface area contributed by atoms with Crippen LogP contribution in [0.4, 0.5) is 4.39 Å². The molecular formula is C9H15ClFNO3. The lowest BCUT2D eigenvalue weighted by molar-refractivity contribution is -0.145. The topological polar surface area (TPSA) is 55.4 Å². The fourth-order valence-corrected chi connectivity index (χ4v) is 1.42. The van der Waals surface area contributed by atoms with Crippen molar-refractivity contribution in [1.29, 1.82) is 0 Å². The molecule has 1 fully saturated rings. The summed E-state index contributed by atoms with van der Waals surface area (Å²) in [7, 11) is 0. The van der Waals surface area contributed by atoms with E-state index in [2.05, 4.69) is 10.1 Å². The van der Waals surface area contributed by atoms with Gasteiger partial charge in [0.15, 0.2) is 5.78 Å². The van der Waals surface area contributed by atoms with Gasteiger partial charge in [0, 0.05) is 13.0 Å². The van der Waals surface area contributed by atoms with Crippen molar-refractivity contribution in [2.45, 2.75) is 32.0 Å². The first-order valence-corrected chi connectivity index (χ1v) is 4.69. The molecule has 1 N–H and O–H groups in total. The average molecular weight is 240 g/mol. The van der Waals surface area contributed by atoms with E-state index in [1.165, 1.54) is 0 Å². The van der Waals surface area contributed by atoms with E-state index in [9.17, 15) is 14.0 Å². The molecule has 0 bridgehead atoms. The number of ether oxygens (including phenoxy) is 1. The molecule has 0 aromatic heterocycles. The second kappa shape index (κ2) is 6.74. The quantitative estimate of drug-likeness (QED) is 0.578. The number of hydrogen-bond donors (Lipinski definition) is 1. The van der Waals surface area contributed by atoms with Crippen LogP contribution in [-0.4, -0.2) is 37.1 Å². The molecule has 6 heteroatoms. The number of ketones is 1. The van der Waals surface area contributed by atoms with Crippen LogP contribution in [0.5, 0.6) is 0 Å². The normalized spacial score (nSPS) is 24.4. The SMILES string of the molecule is CCOC(=O)CC(=O)C1CC(F)CN1.Cl. The molecule has 1 aliphatic heterocycles. The summed E-state index contributed by atoms with van der Waals surface area (Å²) in [6.45, 7) is 2.13. The lowest BCUT2D eigenvalue weighted by atomic mass is 10.1. The highest BCUT2D eigenvalue weighted by Gasteiger charge is 2.30. The zero-order chi connectivity index (χ0) is 10.6. The fraction of sp³-hybridized carbons (Fsp3) is 0.778. The summed E-state index contributed by atoms with van der Waals surface area (Å²) in [5.74, 6) is -0.829. The fourth-order valence-electron chi connectivity index (χ4n) is 1.42. The molecule has 4 nitrogen and oxygen atoms in total. The van der Waals surface area contributed by atoms with Gasteiger partial charge in [0.25, 0.3) is 0 Å². The molecular weight excluding hydrogens is 225 g/mol. The van der Waals surface area contributed by atoms with Gasteiger partial charge in [-0.3, -0.25) is 9.59 Å². The van der Waals surface area contributed by atoms with Crippen molar-refractivity contribution >= 4 is 24.2 Å². The van der Waals surface area contributed by atoms with E-state index in [0.29, 0.717) is 0 Å².